The number of hydrogen-bond donors (Lipinski definition) is 3. The Bertz CT molecular complexity index is 458. The SMILES string of the molecule is COc1ncc(C(O)C(O)CNC(=O)OC(C)(C)C)cn1. The lowest BCUT2D eigenvalue weighted by Crippen LogP contribution is -2.38. The minimum absolute atomic E-state index is 0.160. The zero-order chi connectivity index (χ0) is 16.0. The smallest absolute Gasteiger partial charge is 0.407 e. The molecular weight excluding hydrogens is 278 g/mol. The van der Waals surface area contributed by atoms with E-state index in [1.807, 2.05) is 0 Å². The minimum Gasteiger partial charge on any atom is -0.467 e. The molecule has 1 rings (SSSR count). The Balaban J connectivity index is 2.50. The number of aliphatic hydroxyl groups is 2. The van der Waals surface area contributed by atoms with E-state index in [1.54, 1.807) is 20.8 Å². The van der Waals surface area contributed by atoms with Crippen LogP contribution in [0, 0.1) is 0 Å². The lowest BCUT2D eigenvalue weighted by molar-refractivity contribution is 0.0125. The van der Waals surface area contributed by atoms with Crippen molar-refractivity contribution in [2.24, 2.45) is 0 Å². The summed E-state index contributed by atoms with van der Waals surface area (Å²) in [4.78, 5) is 19.1. The molecule has 8 nitrogen and oxygen atoms in total. The molecule has 1 aromatic rings. The van der Waals surface area contributed by atoms with Gasteiger partial charge in [-0.15, -0.1) is 0 Å². The molecule has 0 radical (unpaired) electrons. The molecule has 0 fully saturated rings. The number of alkyl carbamates (subject to hydrolysis) is 1. The van der Waals surface area contributed by atoms with Crippen LogP contribution in [0.15, 0.2) is 12.4 Å². The van der Waals surface area contributed by atoms with Crippen molar-refractivity contribution in [1.29, 1.82) is 0 Å². The Morgan fingerprint density at radius 3 is 2.38 bits per heavy atom. The van der Waals surface area contributed by atoms with Crippen molar-refractivity contribution >= 4 is 6.09 Å². The molecule has 21 heavy (non-hydrogen) atoms. The van der Waals surface area contributed by atoms with Crippen molar-refractivity contribution in [3.8, 4) is 6.01 Å². The van der Waals surface area contributed by atoms with Gasteiger partial charge in [0.15, 0.2) is 0 Å². The first-order valence-electron chi connectivity index (χ1n) is 6.42. The highest BCUT2D eigenvalue weighted by Gasteiger charge is 2.22. The fraction of sp³-hybridized carbons (Fsp3) is 0.615. The maximum atomic E-state index is 11.4. The third-order valence-corrected chi connectivity index (χ3v) is 2.39. The van der Waals surface area contributed by atoms with Crippen molar-refractivity contribution in [1.82, 2.24) is 15.3 Å². The highest BCUT2D eigenvalue weighted by molar-refractivity contribution is 5.67. The van der Waals surface area contributed by atoms with E-state index in [4.69, 9.17) is 9.47 Å². The van der Waals surface area contributed by atoms with Crippen molar-refractivity contribution in [2.45, 2.75) is 38.6 Å². The fourth-order valence-electron chi connectivity index (χ4n) is 1.42. The summed E-state index contributed by atoms with van der Waals surface area (Å²) in [5, 5.41) is 22.1. The molecular formula is C13H21N3O5. The predicted molar refractivity (Wildman–Crippen MR) is 73.8 cm³/mol. The number of aromatic nitrogens is 2. The number of rotatable bonds is 5. The van der Waals surface area contributed by atoms with E-state index in [0.29, 0.717) is 5.56 Å². The van der Waals surface area contributed by atoms with Gasteiger partial charge < -0.3 is 25.0 Å². The van der Waals surface area contributed by atoms with E-state index in [-0.39, 0.29) is 12.6 Å². The molecule has 0 saturated carbocycles. The molecule has 0 aliphatic heterocycles. The summed E-state index contributed by atoms with van der Waals surface area (Å²) in [6, 6.07) is 0.160. The summed E-state index contributed by atoms with van der Waals surface area (Å²) in [6.07, 6.45) is -0.430. The first-order valence-corrected chi connectivity index (χ1v) is 6.42. The van der Waals surface area contributed by atoms with Crippen molar-refractivity contribution in [3.05, 3.63) is 18.0 Å². The Morgan fingerprint density at radius 1 is 1.33 bits per heavy atom. The first kappa shape index (κ1) is 17.1. The van der Waals surface area contributed by atoms with Crippen molar-refractivity contribution in [2.75, 3.05) is 13.7 Å². The molecule has 0 saturated heterocycles. The lowest BCUT2D eigenvalue weighted by Gasteiger charge is -2.22. The third-order valence-electron chi connectivity index (χ3n) is 2.39. The second-order valence-electron chi connectivity index (χ2n) is 5.40. The van der Waals surface area contributed by atoms with Crippen LogP contribution in [0.1, 0.15) is 32.4 Å². The van der Waals surface area contributed by atoms with Crippen LogP contribution < -0.4 is 10.1 Å². The number of carbonyl (C=O) groups is 1. The van der Waals surface area contributed by atoms with Gasteiger partial charge in [0.2, 0.25) is 0 Å². The van der Waals surface area contributed by atoms with E-state index < -0.39 is 23.9 Å². The van der Waals surface area contributed by atoms with E-state index in [9.17, 15) is 15.0 Å². The van der Waals surface area contributed by atoms with E-state index in [0.717, 1.165) is 0 Å². The van der Waals surface area contributed by atoms with Crippen LogP contribution in [0.5, 0.6) is 6.01 Å². The second-order valence-corrected chi connectivity index (χ2v) is 5.40. The van der Waals surface area contributed by atoms with Gasteiger partial charge in [0.1, 0.15) is 17.8 Å². The molecule has 1 heterocycles. The molecule has 0 aromatic carbocycles. The summed E-state index contributed by atoms with van der Waals surface area (Å²) in [5.74, 6) is 0. The molecule has 118 valence electrons. The zero-order valence-electron chi connectivity index (χ0n) is 12.5. The lowest BCUT2D eigenvalue weighted by atomic mass is 10.1. The van der Waals surface area contributed by atoms with Gasteiger partial charge in [-0.3, -0.25) is 0 Å². The largest absolute Gasteiger partial charge is 0.467 e. The summed E-state index contributed by atoms with van der Waals surface area (Å²) in [7, 11) is 1.42. The van der Waals surface area contributed by atoms with E-state index in [2.05, 4.69) is 15.3 Å². The predicted octanol–water partition coefficient (Wildman–Crippen LogP) is 0.404. The standard InChI is InChI=1S/C13H21N3O5/c1-13(2,3)21-12(19)16-7-9(17)10(18)8-5-14-11(20-4)15-6-8/h5-6,9-10,17-18H,7H2,1-4H3,(H,16,19). The first-order chi connectivity index (χ1) is 9.73. The van der Waals surface area contributed by atoms with Crippen molar-refractivity contribution < 1.29 is 24.5 Å². The van der Waals surface area contributed by atoms with Gasteiger partial charge in [-0.1, -0.05) is 0 Å². The number of nitrogens with zero attached hydrogens (tertiary/aromatic N) is 2. The molecule has 0 spiro atoms. The summed E-state index contributed by atoms with van der Waals surface area (Å²) < 4.78 is 9.81. The van der Waals surface area contributed by atoms with Crippen LogP contribution in [0.25, 0.3) is 0 Å². The van der Waals surface area contributed by atoms with Gasteiger partial charge in [-0.05, 0) is 20.8 Å². The van der Waals surface area contributed by atoms with Crippen LogP contribution in [-0.2, 0) is 4.74 Å². The minimum atomic E-state index is -1.23. The van der Waals surface area contributed by atoms with E-state index >= 15 is 0 Å². The number of amides is 1. The molecule has 0 bridgehead atoms. The summed E-state index contributed by atoms with van der Waals surface area (Å²) >= 11 is 0. The van der Waals surface area contributed by atoms with Crippen LogP contribution in [-0.4, -0.2) is 51.6 Å². The molecule has 8 heteroatoms. The molecule has 2 unspecified atom stereocenters. The van der Waals surface area contributed by atoms with Crippen LogP contribution in [0.4, 0.5) is 4.79 Å². The average molecular weight is 299 g/mol. The monoisotopic (exact) mass is 299 g/mol. The Morgan fingerprint density at radius 2 is 1.90 bits per heavy atom. The normalized spacial score (nSPS) is 14.2. The van der Waals surface area contributed by atoms with Crippen LogP contribution in [0.2, 0.25) is 0 Å². The van der Waals surface area contributed by atoms with Gasteiger partial charge in [0.05, 0.1) is 7.11 Å². The number of ether oxygens (including phenoxy) is 2. The van der Waals surface area contributed by atoms with Crippen LogP contribution in [0.3, 0.4) is 0 Å². The maximum Gasteiger partial charge on any atom is 0.407 e. The van der Waals surface area contributed by atoms with Gasteiger partial charge in [0.25, 0.3) is 0 Å². The number of aliphatic hydroxyl groups excluding tert-OH is 2. The Kier molecular flexibility index (Phi) is 5.86. The number of methoxy groups -OCH3 is 1. The molecule has 0 aliphatic carbocycles. The molecule has 1 aromatic heterocycles. The van der Waals surface area contributed by atoms with Crippen LogP contribution >= 0.6 is 0 Å². The Hall–Kier alpha value is -1.93. The third kappa shape index (κ3) is 5.92. The molecule has 0 aliphatic rings. The number of nitrogens with one attached hydrogen (secondary N) is 1. The molecule has 2 atom stereocenters. The topological polar surface area (TPSA) is 114 Å². The van der Waals surface area contributed by atoms with Gasteiger partial charge in [0, 0.05) is 24.5 Å². The highest BCUT2D eigenvalue weighted by atomic mass is 16.6. The van der Waals surface area contributed by atoms with Crippen molar-refractivity contribution in [3.63, 3.8) is 0 Å². The van der Waals surface area contributed by atoms with Gasteiger partial charge >= 0.3 is 12.1 Å². The summed E-state index contributed by atoms with van der Waals surface area (Å²) in [6.45, 7) is 5.02. The molecule has 3 N–H and O–H groups in total. The van der Waals surface area contributed by atoms with Gasteiger partial charge in [-0.2, -0.15) is 0 Å². The highest BCUT2D eigenvalue weighted by Crippen LogP contribution is 2.16. The Labute approximate surface area is 123 Å². The second kappa shape index (κ2) is 7.19. The number of carbonyl (C=O) groups excluding carboxylic acids is 1. The quantitative estimate of drug-likeness (QED) is 0.721. The summed E-state index contributed by atoms with van der Waals surface area (Å²) in [5.41, 5.74) is -0.313. The average Bonchev–Trinajstić information content (AvgIpc) is 2.42. The fourth-order valence-corrected chi connectivity index (χ4v) is 1.42. The maximum absolute atomic E-state index is 11.4. The number of hydrogen-bond acceptors (Lipinski definition) is 7. The van der Waals surface area contributed by atoms with E-state index in [1.165, 1.54) is 19.5 Å². The zero-order valence-corrected chi connectivity index (χ0v) is 12.5. The van der Waals surface area contributed by atoms with Gasteiger partial charge in [-0.25, -0.2) is 14.8 Å². The molecule has 1 amide bonds.